The Morgan fingerprint density at radius 2 is 1.67 bits per heavy atom. The molecule has 0 atom stereocenters. The Morgan fingerprint density at radius 3 is 2.36 bits per heavy atom. The van der Waals surface area contributed by atoms with Gasteiger partial charge < -0.3 is 24.8 Å². The topological polar surface area (TPSA) is 82.5 Å². The fourth-order valence-corrected chi connectivity index (χ4v) is 4.00. The third-order valence-electron chi connectivity index (χ3n) is 6.06. The number of morpholine rings is 1. The molecule has 9 nitrogen and oxygen atoms in total. The third-order valence-corrected chi connectivity index (χ3v) is 6.06. The molecular formula is C24H30N8O. The molecule has 2 fully saturated rings. The molecule has 9 heteroatoms. The number of rotatable bonds is 5. The minimum absolute atomic E-state index is 0.681. The van der Waals surface area contributed by atoms with E-state index in [0.717, 1.165) is 73.5 Å². The molecule has 0 amide bonds. The lowest BCUT2D eigenvalue weighted by atomic mass is 10.2. The van der Waals surface area contributed by atoms with E-state index in [4.69, 9.17) is 19.7 Å². The van der Waals surface area contributed by atoms with Gasteiger partial charge in [0.25, 0.3) is 0 Å². The zero-order valence-electron chi connectivity index (χ0n) is 19.2. The van der Waals surface area contributed by atoms with Gasteiger partial charge in [-0.1, -0.05) is 0 Å². The molecule has 2 aliphatic heterocycles. The Kier molecular flexibility index (Phi) is 6.32. The summed E-state index contributed by atoms with van der Waals surface area (Å²) in [5.41, 5.74) is 3.67. The highest BCUT2D eigenvalue weighted by Crippen LogP contribution is 2.26. The van der Waals surface area contributed by atoms with Crippen LogP contribution in [0.25, 0.3) is 11.3 Å². The molecule has 33 heavy (non-hydrogen) atoms. The van der Waals surface area contributed by atoms with Gasteiger partial charge in [0.15, 0.2) is 0 Å². The average molecular weight is 447 g/mol. The van der Waals surface area contributed by atoms with Crippen LogP contribution in [0.3, 0.4) is 0 Å². The van der Waals surface area contributed by atoms with Crippen molar-refractivity contribution in [3.05, 3.63) is 48.4 Å². The van der Waals surface area contributed by atoms with Gasteiger partial charge in [-0.15, -0.1) is 0 Å². The van der Waals surface area contributed by atoms with Gasteiger partial charge in [0.1, 0.15) is 11.6 Å². The van der Waals surface area contributed by atoms with Crippen LogP contribution in [-0.2, 0) is 4.74 Å². The molecule has 0 radical (unpaired) electrons. The second-order valence-electron chi connectivity index (χ2n) is 8.55. The monoisotopic (exact) mass is 446 g/mol. The molecule has 2 aliphatic rings. The first-order chi connectivity index (χ1) is 16.1. The van der Waals surface area contributed by atoms with Crippen molar-refractivity contribution < 1.29 is 4.74 Å². The number of nitrogens with zero attached hydrogens (tertiary/aromatic N) is 7. The summed E-state index contributed by atoms with van der Waals surface area (Å²) in [4.78, 5) is 25.6. The Balaban J connectivity index is 1.39. The van der Waals surface area contributed by atoms with Crippen LogP contribution >= 0.6 is 0 Å². The summed E-state index contributed by atoms with van der Waals surface area (Å²) < 4.78 is 5.50. The summed E-state index contributed by atoms with van der Waals surface area (Å²) in [5.74, 6) is 2.44. The van der Waals surface area contributed by atoms with Gasteiger partial charge in [-0.25, -0.2) is 9.97 Å². The van der Waals surface area contributed by atoms with Crippen molar-refractivity contribution in [2.45, 2.75) is 6.92 Å². The standard InChI is InChI=1S/C24H30N8O/c1-18-3-4-19(16-25-18)21-15-22(29-24(28-21)32-11-13-33-14-12-32)27-20-5-6-23(26-17-20)31-9-7-30(2)8-10-31/h3-6,15-17H,7-14H2,1-2H3,(H,27,28,29). The van der Waals surface area contributed by atoms with Crippen molar-refractivity contribution in [2.24, 2.45) is 0 Å². The molecule has 0 spiro atoms. The number of nitrogens with one attached hydrogen (secondary N) is 1. The lowest BCUT2D eigenvalue weighted by molar-refractivity contribution is 0.122. The van der Waals surface area contributed by atoms with Crippen molar-refractivity contribution in [3.8, 4) is 11.3 Å². The molecule has 0 aliphatic carbocycles. The van der Waals surface area contributed by atoms with E-state index in [1.807, 2.05) is 37.5 Å². The van der Waals surface area contributed by atoms with Crippen LogP contribution in [-0.4, -0.2) is 84.4 Å². The zero-order chi connectivity index (χ0) is 22.6. The van der Waals surface area contributed by atoms with Crippen LogP contribution in [0.5, 0.6) is 0 Å². The van der Waals surface area contributed by atoms with E-state index in [0.29, 0.717) is 19.2 Å². The Hall–Kier alpha value is -3.30. The number of anilines is 4. The van der Waals surface area contributed by atoms with E-state index < -0.39 is 0 Å². The van der Waals surface area contributed by atoms with Crippen LogP contribution in [0.15, 0.2) is 42.7 Å². The van der Waals surface area contributed by atoms with E-state index >= 15 is 0 Å². The number of aryl methyl sites for hydroxylation is 1. The highest BCUT2D eigenvalue weighted by Gasteiger charge is 2.18. The van der Waals surface area contributed by atoms with Crippen molar-refractivity contribution in [2.75, 3.05) is 74.6 Å². The van der Waals surface area contributed by atoms with Crippen LogP contribution in [0.1, 0.15) is 5.69 Å². The maximum atomic E-state index is 5.50. The molecule has 0 saturated carbocycles. The predicted octanol–water partition coefficient (Wildman–Crippen LogP) is 2.57. The molecule has 3 aromatic rings. The van der Waals surface area contributed by atoms with Crippen molar-refractivity contribution in [1.29, 1.82) is 0 Å². The quantitative estimate of drug-likeness (QED) is 0.636. The van der Waals surface area contributed by atoms with Gasteiger partial charge in [-0.05, 0) is 38.2 Å². The van der Waals surface area contributed by atoms with E-state index in [1.54, 1.807) is 0 Å². The third kappa shape index (κ3) is 5.20. The number of hydrogen-bond acceptors (Lipinski definition) is 9. The van der Waals surface area contributed by atoms with Crippen molar-refractivity contribution >= 4 is 23.3 Å². The number of hydrogen-bond donors (Lipinski definition) is 1. The SMILES string of the molecule is Cc1ccc(-c2cc(Nc3ccc(N4CCN(C)CC4)nc3)nc(N3CCOCC3)n2)cn1. The highest BCUT2D eigenvalue weighted by atomic mass is 16.5. The molecule has 2 saturated heterocycles. The maximum Gasteiger partial charge on any atom is 0.228 e. The van der Waals surface area contributed by atoms with Crippen molar-refractivity contribution in [1.82, 2.24) is 24.8 Å². The largest absolute Gasteiger partial charge is 0.378 e. The Morgan fingerprint density at radius 1 is 0.848 bits per heavy atom. The summed E-state index contributed by atoms with van der Waals surface area (Å²) in [6.07, 6.45) is 3.73. The summed E-state index contributed by atoms with van der Waals surface area (Å²) in [6.45, 7) is 9.01. The molecule has 5 heterocycles. The lowest BCUT2D eigenvalue weighted by Crippen LogP contribution is -2.44. The molecule has 0 aromatic carbocycles. The van der Waals surface area contributed by atoms with Crippen LogP contribution in [0.4, 0.5) is 23.3 Å². The first-order valence-electron chi connectivity index (χ1n) is 11.5. The lowest BCUT2D eigenvalue weighted by Gasteiger charge is -2.33. The van der Waals surface area contributed by atoms with Crippen LogP contribution < -0.4 is 15.1 Å². The number of pyridine rings is 2. The highest BCUT2D eigenvalue weighted by molar-refractivity contribution is 5.67. The first-order valence-corrected chi connectivity index (χ1v) is 11.5. The van der Waals surface area contributed by atoms with E-state index in [-0.39, 0.29) is 0 Å². The van der Waals surface area contributed by atoms with Crippen LogP contribution in [0, 0.1) is 6.92 Å². The van der Waals surface area contributed by atoms with Crippen LogP contribution in [0.2, 0.25) is 0 Å². The van der Waals surface area contributed by atoms with E-state index in [1.165, 1.54) is 0 Å². The van der Waals surface area contributed by atoms with Gasteiger partial charge in [0, 0.05) is 62.8 Å². The Bertz CT molecular complexity index is 1060. The molecule has 3 aromatic heterocycles. The number of ether oxygens (including phenoxy) is 1. The van der Waals surface area contributed by atoms with Gasteiger partial charge in [0.2, 0.25) is 5.95 Å². The summed E-state index contributed by atoms with van der Waals surface area (Å²) in [5, 5.41) is 3.42. The smallest absolute Gasteiger partial charge is 0.228 e. The average Bonchev–Trinajstić information content (AvgIpc) is 2.86. The summed E-state index contributed by atoms with van der Waals surface area (Å²) >= 11 is 0. The normalized spacial score (nSPS) is 17.3. The van der Waals surface area contributed by atoms with Crippen molar-refractivity contribution in [3.63, 3.8) is 0 Å². The van der Waals surface area contributed by atoms with Gasteiger partial charge >= 0.3 is 0 Å². The number of likely N-dealkylation sites (N-methyl/N-ethyl adjacent to an activating group) is 1. The number of aromatic nitrogens is 4. The predicted molar refractivity (Wildman–Crippen MR) is 130 cm³/mol. The molecule has 0 unspecified atom stereocenters. The second kappa shape index (κ2) is 9.68. The van der Waals surface area contributed by atoms with Gasteiger partial charge in [0.05, 0.1) is 30.8 Å². The first kappa shape index (κ1) is 21.5. The minimum atomic E-state index is 0.681. The Labute approximate surface area is 194 Å². The maximum absolute atomic E-state index is 5.50. The summed E-state index contributed by atoms with van der Waals surface area (Å²) in [7, 11) is 2.16. The van der Waals surface area contributed by atoms with Gasteiger partial charge in [-0.3, -0.25) is 4.98 Å². The minimum Gasteiger partial charge on any atom is -0.378 e. The second-order valence-corrected chi connectivity index (χ2v) is 8.55. The molecule has 172 valence electrons. The molecule has 1 N–H and O–H groups in total. The zero-order valence-corrected chi connectivity index (χ0v) is 19.2. The molecular weight excluding hydrogens is 416 g/mol. The van der Waals surface area contributed by atoms with Gasteiger partial charge in [-0.2, -0.15) is 4.98 Å². The number of piperazine rings is 1. The fourth-order valence-electron chi connectivity index (χ4n) is 4.00. The fraction of sp³-hybridized carbons (Fsp3) is 0.417. The van der Waals surface area contributed by atoms with E-state index in [9.17, 15) is 0 Å². The summed E-state index contributed by atoms with van der Waals surface area (Å²) in [6, 6.07) is 10.1. The molecule has 0 bridgehead atoms. The molecule has 5 rings (SSSR count). The van der Waals surface area contributed by atoms with E-state index in [2.05, 4.69) is 44.2 Å².